The summed E-state index contributed by atoms with van der Waals surface area (Å²) < 4.78 is 5.57. The van der Waals surface area contributed by atoms with E-state index < -0.39 is 35.5 Å². The Hall–Kier alpha value is -4.55. The van der Waals surface area contributed by atoms with Crippen LogP contribution in [0.4, 0.5) is 5.69 Å². The largest absolute Gasteiger partial charge is 0.453 e. The van der Waals surface area contributed by atoms with Crippen molar-refractivity contribution in [3.8, 4) is 11.1 Å². The molecule has 0 saturated carbocycles. The number of aryl methyl sites for hydroxylation is 1. The first-order chi connectivity index (χ1) is 18.3. The maximum Gasteiger partial charge on any atom is 0.339 e. The van der Waals surface area contributed by atoms with E-state index in [0.29, 0.717) is 27.4 Å². The number of cyclic esters (lactones) is 1. The molecule has 0 unspecified atom stereocenters. The van der Waals surface area contributed by atoms with Crippen molar-refractivity contribution in [1.82, 2.24) is 0 Å². The Labute approximate surface area is 224 Å². The Kier molecular flexibility index (Phi) is 6.90. The van der Waals surface area contributed by atoms with E-state index in [4.69, 9.17) is 16.3 Å². The smallest absolute Gasteiger partial charge is 0.339 e. The summed E-state index contributed by atoms with van der Waals surface area (Å²) in [6.45, 7) is 1.74. The van der Waals surface area contributed by atoms with E-state index in [1.807, 2.05) is 30.3 Å². The molecule has 1 aliphatic rings. The highest BCUT2D eigenvalue weighted by atomic mass is 35.5. The van der Waals surface area contributed by atoms with Gasteiger partial charge in [-0.2, -0.15) is 0 Å². The van der Waals surface area contributed by atoms with Gasteiger partial charge in [0.2, 0.25) is 5.78 Å². The molecule has 5 rings (SSSR count). The van der Waals surface area contributed by atoms with E-state index in [9.17, 15) is 19.2 Å². The van der Waals surface area contributed by atoms with Gasteiger partial charge < -0.3 is 10.1 Å². The standard InChI is InChI=1S/C31H22ClNO5/c1-18-17-20(32)15-16-25(18)33-30(36)28(35)26(29-23-13-7-8-14-24(23)31(37)38-29)27(34)22-12-6-5-11-21(22)19-9-3-2-4-10-19/h2-17,26,29H,1H3,(H,33,36)/t26-,29-/m1/s1. The van der Waals surface area contributed by atoms with Crippen LogP contribution in [0.5, 0.6) is 0 Å². The van der Waals surface area contributed by atoms with Crippen molar-refractivity contribution in [2.45, 2.75) is 13.0 Å². The number of ketones is 2. The SMILES string of the molecule is Cc1cc(Cl)ccc1NC(=O)C(=O)[C@@H](C(=O)c1ccccc1-c1ccccc1)[C@@H]1OC(=O)c2ccccc21. The predicted molar refractivity (Wildman–Crippen MR) is 144 cm³/mol. The number of esters is 1. The van der Waals surface area contributed by atoms with Gasteiger partial charge in [-0.3, -0.25) is 14.4 Å². The molecule has 1 aliphatic heterocycles. The van der Waals surface area contributed by atoms with Crippen LogP contribution in [0.2, 0.25) is 5.02 Å². The fraction of sp³-hybridized carbons (Fsp3) is 0.0968. The van der Waals surface area contributed by atoms with Gasteiger partial charge in [-0.05, 0) is 47.9 Å². The number of rotatable bonds is 7. The van der Waals surface area contributed by atoms with Crippen LogP contribution in [0.1, 0.15) is 37.9 Å². The lowest BCUT2D eigenvalue weighted by atomic mass is 9.82. The average Bonchev–Trinajstić information content (AvgIpc) is 3.26. The Morgan fingerprint density at radius 1 is 0.842 bits per heavy atom. The maximum atomic E-state index is 14.1. The van der Waals surface area contributed by atoms with Crippen molar-refractivity contribution in [1.29, 1.82) is 0 Å². The molecule has 2 atom stereocenters. The highest BCUT2D eigenvalue weighted by Gasteiger charge is 2.46. The molecule has 4 aromatic rings. The van der Waals surface area contributed by atoms with E-state index >= 15 is 0 Å². The number of ether oxygens (including phenoxy) is 1. The molecule has 0 fully saturated rings. The molecule has 1 heterocycles. The molecule has 1 N–H and O–H groups in total. The topological polar surface area (TPSA) is 89.5 Å². The second-order valence-corrected chi connectivity index (χ2v) is 9.38. The minimum Gasteiger partial charge on any atom is -0.453 e. The van der Waals surface area contributed by atoms with Crippen LogP contribution >= 0.6 is 11.6 Å². The number of nitrogens with one attached hydrogen (secondary N) is 1. The molecule has 188 valence electrons. The summed E-state index contributed by atoms with van der Waals surface area (Å²) in [5, 5.41) is 3.07. The molecule has 7 heteroatoms. The molecular formula is C31H22ClNO5. The molecule has 0 aliphatic carbocycles. The molecule has 0 saturated heterocycles. The zero-order chi connectivity index (χ0) is 26.8. The third-order valence-corrected chi connectivity index (χ3v) is 6.76. The molecule has 0 radical (unpaired) electrons. The number of benzene rings is 4. The number of hydrogen-bond donors (Lipinski definition) is 1. The van der Waals surface area contributed by atoms with Gasteiger partial charge in [-0.15, -0.1) is 0 Å². The van der Waals surface area contributed by atoms with Crippen LogP contribution in [-0.2, 0) is 14.3 Å². The van der Waals surface area contributed by atoms with Crippen LogP contribution in [0.25, 0.3) is 11.1 Å². The lowest BCUT2D eigenvalue weighted by Gasteiger charge is -2.22. The predicted octanol–water partition coefficient (Wildman–Crippen LogP) is 6.23. The van der Waals surface area contributed by atoms with Crippen molar-refractivity contribution in [3.63, 3.8) is 0 Å². The van der Waals surface area contributed by atoms with Gasteiger partial charge >= 0.3 is 5.97 Å². The van der Waals surface area contributed by atoms with Crippen LogP contribution in [0, 0.1) is 12.8 Å². The molecule has 4 aromatic carbocycles. The van der Waals surface area contributed by atoms with Gasteiger partial charge in [0.15, 0.2) is 5.78 Å². The van der Waals surface area contributed by atoms with Crippen LogP contribution in [0.15, 0.2) is 97.1 Å². The minimum absolute atomic E-state index is 0.243. The second kappa shape index (κ2) is 10.4. The minimum atomic E-state index is -1.60. The van der Waals surface area contributed by atoms with E-state index in [1.165, 1.54) is 0 Å². The first-order valence-electron chi connectivity index (χ1n) is 11.9. The van der Waals surface area contributed by atoms with Crippen molar-refractivity contribution < 1.29 is 23.9 Å². The van der Waals surface area contributed by atoms with Gasteiger partial charge in [0.1, 0.15) is 12.0 Å². The van der Waals surface area contributed by atoms with Gasteiger partial charge in [0, 0.05) is 21.8 Å². The van der Waals surface area contributed by atoms with Gasteiger partial charge in [0.25, 0.3) is 5.91 Å². The summed E-state index contributed by atoms with van der Waals surface area (Å²) in [7, 11) is 0. The van der Waals surface area contributed by atoms with Crippen LogP contribution in [0.3, 0.4) is 0 Å². The number of amides is 1. The maximum absolute atomic E-state index is 14.1. The van der Waals surface area contributed by atoms with Crippen LogP contribution < -0.4 is 5.32 Å². The summed E-state index contributed by atoms with van der Waals surface area (Å²) in [4.78, 5) is 53.8. The monoisotopic (exact) mass is 523 g/mol. The third kappa shape index (κ3) is 4.74. The molecular weight excluding hydrogens is 502 g/mol. The molecule has 1 amide bonds. The number of Topliss-reactive ketones (excluding diaryl/α,β-unsaturated/α-hetero) is 2. The Morgan fingerprint density at radius 3 is 2.24 bits per heavy atom. The third-order valence-electron chi connectivity index (χ3n) is 6.53. The summed E-state index contributed by atoms with van der Waals surface area (Å²) in [6, 6.07) is 27.5. The summed E-state index contributed by atoms with van der Waals surface area (Å²) in [6.07, 6.45) is -1.25. The highest BCUT2D eigenvalue weighted by Crippen LogP contribution is 2.39. The fourth-order valence-electron chi connectivity index (χ4n) is 4.64. The zero-order valence-electron chi connectivity index (χ0n) is 20.3. The molecule has 38 heavy (non-hydrogen) atoms. The Morgan fingerprint density at radius 2 is 1.50 bits per heavy atom. The number of halogens is 1. The van der Waals surface area contributed by atoms with E-state index in [-0.39, 0.29) is 11.1 Å². The number of anilines is 1. The first kappa shape index (κ1) is 25.1. The average molecular weight is 524 g/mol. The van der Waals surface area contributed by atoms with Crippen LogP contribution in [-0.4, -0.2) is 23.4 Å². The van der Waals surface area contributed by atoms with E-state index in [0.717, 1.165) is 5.56 Å². The second-order valence-electron chi connectivity index (χ2n) is 8.94. The quantitative estimate of drug-likeness (QED) is 0.134. The lowest BCUT2D eigenvalue weighted by Crippen LogP contribution is -2.38. The molecule has 0 spiro atoms. The van der Waals surface area contributed by atoms with Crippen molar-refractivity contribution >= 4 is 40.7 Å². The Bertz CT molecular complexity index is 1580. The Balaban J connectivity index is 1.58. The van der Waals surface area contributed by atoms with Gasteiger partial charge in [0.05, 0.1) is 5.56 Å². The summed E-state index contributed by atoms with van der Waals surface area (Å²) >= 11 is 6.02. The number of hydrogen-bond acceptors (Lipinski definition) is 5. The van der Waals surface area contributed by atoms with Crippen molar-refractivity contribution in [2.75, 3.05) is 5.32 Å². The van der Waals surface area contributed by atoms with E-state index in [1.54, 1.807) is 73.7 Å². The molecule has 0 bridgehead atoms. The number of fused-ring (bicyclic) bond motifs is 1. The van der Waals surface area contributed by atoms with Crippen molar-refractivity contribution in [2.24, 2.45) is 5.92 Å². The van der Waals surface area contributed by atoms with Gasteiger partial charge in [-0.25, -0.2) is 4.79 Å². The number of carbonyl (C=O) groups excluding carboxylic acids is 4. The van der Waals surface area contributed by atoms with E-state index in [2.05, 4.69) is 5.32 Å². The summed E-state index contributed by atoms with van der Waals surface area (Å²) in [5.74, 6) is -4.87. The number of carbonyl (C=O) groups is 4. The summed E-state index contributed by atoms with van der Waals surface area (Å²) in [5.41, 5.74) is 3.29. The zero-order valence-corrected chi connectivity index (χ0v) is 21.1. The van der Waals surface area contributed by atoms with Crippen molar-refractivity contribution in [3.05, 3.63) is 124 Å². The fourth-order valence-corrected chi connectivity index (χ4v) is 4.87. The lowest BCUT2D eigenvalue weighted by molar-refractivity contribution is -0.138. The molecule has 6 nitrogen and oxygen atoms in total. The molecule has 0 aromatic heterocycles. The normalized spacial score (nSPS) is 14.8. The first-order valence-corrected chi connectivity index (χ1v) is 12.3. The highest BCUT2D eigenvalue weighted by molar-refractivity contribution is 6.45. The van der Waals surface area contributed by atoms with Gasteiger partial charge in [-0.1, -0.05) is 84.4 Å².